The van der Waals surface area contributed by atoms with Crippen LogP contribution >= 0.6 is 0 Å². The average molecular weight is 660 g/mol. The van der Waals surface area contributed by atoms with Gasteiger partial charge in [0.2, 0.25) is 0 Å². The smallest absolute Gasteiger partial charge is 0.111 e. The fraction of sp³-hybridized carbons (Fsp3) is 0.0870. The molecule has 0 saturated heterocycles. The molecule has 3 heterocycles. The molecule has 0 amide bonds. The fourth-order valence-corrected chi connectivity index (χ4v) is 7.96. The van der Waals surface area contributed by atoms with E-state index in [2.05, 4.69) is 131 Å². The Morgan fingerprint density at radius 3 is 1.96 bits per heavy atom. The maximum Gasteiger partial charge on any atom is 0.111 e. The lowest BCUT2D eigenvalue weighted by atomic mass is 9.95. The minimum atomic E-state index is 0.355. The summed E-state index contributed by atoms with van der Waals surface area (Å²) in [7, 11) is 2.17. The second-order valence-electron chi connectivity index (χ2n) is 13.5. The number of pyridine rings is 1. The van der Waals surface area contributed by atoms with E-state index in [1.54, 1.807) is 18.3 Å². The molecule has 5 nitrogen and oxygen atoms in total. The number of anilines is 1. The molecule has 0 bridgehead atoms. The molecule has 6 aromatic carbocycles. The molecule has 51 heavy (non-hydrogen) atoms. The molecule has 0 spiro atoms. The molecule has 3 N–H and O–H groups in total. The van der Waals surface area contributed by atoms with Crippen LogP contribution < -0.4 is 5.73 Å². The van der Waals surface area contributed by atoms with E-state index >= 15 is 0 Å². The van der Waals surface area contributed by atoms with Gasteiger partial charge in [-0.1, -0.05) is 110 Å². The van der Waals surface area contributed by atoms with Crippen molar-refractivity contribution in [3.8, 4) is 0 Å². The Morgan fingerprint density at radius 2 is 1.25 bits per heavy atom. The fourth-order valence-electron chi connectivity index (χ4n) is 7.96. The summed E-state index contributed by atoms with van der Waals surface area (Å²) in [5.41, 5.74) is 14.4. The number of para-hydroxylation sites is 2. The van der Waals surface area contributed by atoms with Gasteiger partial charge in [-0.15, -0.1) is 0 Å². The van der Waals surface area contributed by atoms with Gasteiger partial charge in [0, 0.05) is 57.1 Å². The number of nitrogen functional groups attached to an aromatic ring is 1. The van der Waals surface area contributed by atoms with Crippen molar-refractivity contribution >= 4 is 82.3 Å². The Morgan fingerprint density at radius 1 is 0.647 bits per heavy atom. The maximum absolute atomic E-state index is 7.97. The van der Waals surface area contributed by atoms with Gasteiger partial charge in [-0.25, -0.2) is 0 Å². The average Bonchev–Trinajstić information content (AvgIpc) is 3.67. The summed E-state index contributed by atoms with van der Waals surface area (Å²) >= 11 is 0. The lowest BCUT2D eigenvalue weighted by Gasteiger charge is -2.16. The number of nitrogens with zero attached hydrogens (tertiary/aromatic N) is 3. The highest BCUT2D eigenvalue weighted by Gasteiger charge is 2.19. The second kappa shape index (κ2) is 12.1. The highest BCUT2D eigenvalue weighted by atomic mass is 15.0. The van der Waals surface area contributed by atoms with Gasteiger partial charge in [0.15, 0.2) is 0 Å². The summed E-state index contributed by atoms with van der Waals surface area (Å²) in [6, 6.07) is 44.5. The molecule has 246 valence electrons. The number of hydrogen-bond acceptors (Lipinski definition) is 3. The van der Waals surface area contributed by atoms with E-state index in [0.717, 1.165) is 12.0 Å². The number of nitrogens with one attached hydrogen (secondary N) is 1. The topological polar surface area (TPSA) is 72.6 Å². The van der Waals surface area contributed by atoms with Gasteiger partial charge in [-0.05, 0) is 76.4 Å². The summed E-state index contributed by atoms with van der Waals surface area (Å²) in [5.74, 6) is 0.550. The Labute approximate surface area is 296 Å². The number of nitrogens with two attached hydrogens (primary N) is 1. The number of aryl methyl sites for hydroxylation is 1. The largest absolute Gasteiger partial charge is 0.397 e. The Balaban J connectivity index is 0.000000195. The van der Waals surface area contributed by atoms with Crippen LogP contribution in [0.1, 0.15) is 24.6 Å². The van der Waals surface area contributed by atoms with Crippen LogP contribution in [0.3, 0.4) is 0 Å². The lowest BCUT2D eigenvalue weighted by Crippen LogP contribution is -2.07. The van der Waals surface area contributed by atoms with Crippen molar-refractivity contribution in [3.05, 3.63) is 163 Å². The molecule has 1 aliphatic carbocycles. The molecule has 1 aliphatic rings. The van der Waals surface area contributed by atoms with Crippen LogP contribution in [0.4, 0.5) is 5.69 Å². The first-order chi connectivity index (χ1) is 25.0. The molecular weight excluding hydrogens is 623 g/mol. The summed E-state index contributed by atoms with van der Waals surface area (Å²) in [6.07, 6.45) is 9.76. The SMILES string of the molecule is CC1C=C(n2c3ccccc3c3c4ccc5c(ccc6c5c5ccccc5n6C)c4ccc32)C=CC1.N=C(c1ccccc1)c1ncccc1N. The van der Waals surface area contributed by atoms with Crippen LogP contribution in [0.5, 0.6) is 0 Å². The predicted octanol–water partition coefficient (Wildman–Crippen LogP) is 11.3. The zero-order chi connectivity index (χ0) is 34.6. The first kappa shape index (κ1) is 30.6. The van der Waals surface area contributed by atoms with Crippen LogP contribution in [0.15, 0.2) is 152 Å². The van der Waals surface area contributed by atoms with Crippen molar-refractivity contribution < 1.29 is 0 Å². The van der Waals surface area contributed by atoms with Crippen molar-refractivity contribution in [1.29, 1.82) is 5.41 Å². The minimum absolute atomic E-state index is 0.355. The number of benzene rings is 6. The molecule has 0 radical (unpaired) electrons. The van der Waals surface area contributed by atoms with E-state index in [4.69, 9.17) is 11.1 Å². The normalized spacial score (nSPS) is 14.4. The third-order valence-electron chi connectivity index (χ3n) is 10.4. The summed E-state index contributed by atoms with van der Waals surface area (Å²) in [4.78, 5) is 4.11. The van der Waals surface area contributed by atoms with Gasteiger partial charge in [-0.3, -0.25) is 10.4 Å². The first-order valence-electron chi connectivity index (χ1n) is 17.5. The molecule has 5 heteroatoms. The van der Waals surface area contributed by atoms with E-state index < -0.39 is 0 Å². The van der Waals surface area contributed by atoms with Crippen LogP contribution in [-0.2, 0) is 7.05 Å². The highest BCUT2D eigenvalue weighted by molar-refractivity contribution is 6.30. The van der Waals surface area contributed by atoms with E-state index in [9.17, 15) is 0 Å². The first-order valence-corrected chi connectivity index (χ1v) is 17.5. The van der Waals surface area contributed by atoms with Gasteiger partial charge in [0.1, 0.15) is 5.69 Å². The molecule has 0 saturated carbocycles. The van der Waals surface area contributed by atoms with Crippen LogP contribution in [0.2, 0.25) is 0 Å². The third-order valence-corrected chi connectivity index (χ3v) is 10.4. The second-order valence-corrected chi connectivity index (χ2v) is 13.5. The van der Waals surface area contributed by atoms with Gasteiger partial charge < -0.3 is 14.9 Å². The minimum Gasteiger partial charge on any atom is -0.397 e. The zero-order valence-electron chi connectivity index (χ0n) is 28.6. The molecule has 10 rings (SSSR count). The monoisotopic (exact) mass is 659 g/mol. The molecule has 0 aliphatic heterocycles. The number of fused-ring (bicyclic) bond motifs is 11. The molecule has 1 unspecified atom stereocenters. The lowest BCUT2D eigenvalue weighted by molar-refractivity contribution is 0.735. The standard InChI is InChI=1S/C34H26N2.C12H11N3/c1-21-8-7-9-22(20-21)36-30-13-6-4-11-28(30)34-26-15-14-25-23(24(26)17-19-32(34)36)16-18-31-33(25)27-10-3-5-12-29(27)35(31)2;13-10-7-4-8-15-12(10)11(14)9-5-2-1-3-6-9/h3-7,9-21H,8H2,1-2H3;1-8,14H,13H2. The number of aromatic nitrogens is 3. The maximum atomic E-state index is 7.97. The van der Waals surface area contributed by atoms with Gasteiger partial charge >= 0.3 is 0 Å². The summed E-state index contributed by atoms with van der Waals surface area (Å²) < 4.78 is 4.77. The van der Waals surface area contributed by atoms with Gasteiger partial charge in [-0.2, -0.15) is 0 Å². The molecule has 3 aromatic heterocycles. The van der Waals surface area contributed by atoms with Crippen molar-refractivity contribution in [3.63, 3.8) is 0 Å². The third kappa shape index (κ3) is 4.92. The highest BCUT2D eigenvalue weighted by Crippen LogP contribution is 2.42. The quantitative estimate of drug-likeness (QED) is 0.146. The summed E-state index contributed by atoms with van der Waals surface area (Å²) in [6.45, 7) is 2.30. The number of rotatable bonds is 3. The molecular formula is C46H37N5. The Bertz CT molecular complexity index is 2890. The Kier molecular flexibility index (Phi) is 7.29. The van der Waals surface area contributed by atoms with E-state index in [-0.39, 0.29) is 0 Å². The van der Waals surface area contributed by atoms with E-state index in [1.165, 1.54) is 70.9 Å². The zero-order valence-corrected chi connectivity index (χ0v) is 28.6. The predicted molar refractivity (Wildman–Crippen MR) is 217 cm³/mol. The van der Waals surface area contributed by atoms with Crippen molar-refractivity contribution in [2.45, 2.75) is 13.3 Å². The molecule has 1 atom stereocenters. The molecule has 9 aromatic rings. The van der Waals surface area contributed by atoms with Gasteiger partial charge in [0.05, 0.1) is 22.4 Å². The van der Waals surface area contributed by atoms with E-state index in [1.807, 2.05) is 30.3 Å². The number of hydrogen-bond donors (Lipinski definition) is 2. The van der Waals surface area contributed by atoms with Crippen LogP contribution in [-0.4, -0.2) is 19.8 Å². The van der Waals surface area contributed by atoms with Gasteiger partial charge in [0.25, 0.3) is 0 Å². The van der Waals surface area contributed by atoms with Crippen molar-refractivity contribution in [1.82, 2.24) is 14.1 Å². The van der Waals surface area contributed by atoms with E-state index in [0.29, 0.717) is 23.0 Å². The van der Waals surface area contributed by atoms with Crippen molar-refractivity contribution in [2.75, 3.05) is 5.73 Å². The summed E-state index contributed by atoms with van der Waals surface area (Å²) in [5, 5.41) is 18.6. The number of allylic oxidation sites excluding steroid dienone is 4. The Hall–Kier alpha value is -6.46. The van der Waals surface area contributed by atoms with Crippen molar-refractivity contribution in [2.24, 2.45) is 13.0 Å². The van der Waals surface area contributed by atoms with Crippen LogP contribution in [0.25, 0.3) is 70.9 Å². The van der Waals surface area contributed by atoms with Crippen LogP contribution in [0, 0.1) is 11.3 Å². The molecule has 0 fully saturated rings.